The molecule has 3 atom stereocenters. The van der Waals surface area contributed by atoms with Crippen LogP contribution in [0.25, 0.3) is 21.1 Å². The number of carboxylic acid groups (broad SMARTS) is 1. The summed E-state index contributed by atoms with van der Waals surface area (Å²) in [5.74, 6) is -0.272. The van der Waals surface area contributed by atoms with E-state index in [4.69, 9.17) is 4.74 Å². The molecule has 7 nitrogen and oxygen atoms in total. The Hall–Kier alpha value is -3.78. The quantitative estimate of drug-likeness (QED) is 0.244. The number of benzene rings is 2. The highest BCUT2D eigenvalue weighted by atomic mass is 32.1. The number of para-hydroxylation sites is 1. The normalized spacial score (nSPS) is 18.4. The van der Waals surface area contributed by atoms with Crippen molar-refractivity contribution in [3.63, 3.8) is 0 Å². The minimum absolute atomic E-state index is 0.168. The molecule has 5 rings (SSSR count). The van der Waals surface area contributed by atoms with Gasteiger partial charge < -0.3 is 15.2 Å². The zero-order valence-corrected chi connectivity index (χ0v) is 22.2. The second-order valence-corrected chi connectivity index (χ2v) is 11.3. The lowest BCUT2D eigenvalue weighted by atomic mass is 9.77. The van der Waals surface area contributed by atoms with Crippen LogP contribution in [0.2, 0.25) is 0 Å². The number of carbonyl (C=O) groups excluding carboxylic acids is 1. The minimum Gasteiger partial charge on any atom is -0.483 e. The van der Waals surface area contributed by atoms with Gasteiger partial charge in [0.25, 0.3) is 5.91 Å². The van der Waals surface area contributed by atoms with E-state index in [0.717, 1.165) is 46.3 Å². The maximum absolute atomic E-state index is 13.4. The lowest BCUT2D eigenvalue weighted by Crippen LogP contribution is -2.41. The summed E-state index contributed by atoms with van der Waals surface area (Å²) in [5, 5.41) is 14.2. The van der Waals surface area contributed by atoms with E-state index in [2.05, 4.69) is 28.8 Å². The number of amides is 1. The van der Waals surface area contributed by atoms with Gasteiger partial charge in [0.2, 0.25) is 0 Å². The van der Waals surface area contributed by atoms with Crippen LogP contribution in [0.1, 0.15) is 54.4 Å². The van der Waals surface area contributed by atoms with Crippen molar-refractivity contribution in [3.05, 3.63) is 77.5 Å². The maximum atomic E-state index is 13.4. The number of allylic oxidation sites excluding steroid dienone is 1. The third kappa shape index (κ3) is 5.86. The van der Waals surface area contributed by atoms with Crippen LogP contribution in [0, 0.1) is 11.8 Å². The van der Waals surface area contributed by atoms with Crippen molar-refractivity contribution in [1.82, 2.24) is 15.3 Å². The van der Waals surface area contributed by atoms with Crippen LogP contribution in [0.4, 0.5) is 0 Å². The predicted octanol–water partition coefficient (Wildman–Crippen LogP) is 6.38. The first kappa shape index (κ1) is 25.9. The Bertz CT molecular complexity index is 1460. The van der Waals surface area contributed by atoms with E-state index in [0.29, 0.717) is 29.5 Å². The van der Waals surface area contributed by atoms with Crippen molar-refractivity contribution in [3.8, 4) is 5.75 Å². The molecule has 0 aliphatic heterocycles. The van der Waals surface area contributed by atoms with Gasteiger partial charge in [-0.15, -0.1) is 11.3 Å². The Labute approximate surface area is 225 Å². The summed E-state index contributed by atoms with van der Waals surface area (Å²) in [4.78, 5) is 34.6. The van der Waals surface area contributed by atoms with Crippen molar-refractivity contribution in [2.45, 2.75) is 51.7 Å². The van der Waals surface area contributed by atoms with Gasteiger partial charge in [-0.25, -0.2) is 9.78 Å². The van der Waals surface area contributed by atoms with Crippen LogP contribution in [0.5, 0.6) is 5.75 Å². The van der Waals surface area contributed by atoms with E-state index in [1.807, 2.05) is 36.4 Å². The molecule has 4 aromatic rings. The largest absolute Gasteiger partial charge is 0.483 e. The average molecular weight is 530 g/mol. The number of hydrogen-bond acceptors (Lipinski definition) is 6. The smallest absolute Gasteiger partial charge is 0.326 e. The molecule has 1 saturated carbocycles. The van der Waals surface area contributed by atoms with E-state index in [1.54, 1.807) is 18.3 Å². The molecular formula is C30H31N3O4S. The van der Waals surface area contributed by atoms with Gasteiger partial charge in [0.15, 0.2) is 5.75 Å². The SMILES string of the molecule is C=C1CC(C)CC(CC[C@H](NC(=O)c2ccc3cccnc3c2OCc2nc3ccccc3s2)C(=O)O)C1. The van der Waals surface area contributed by atoms with Crippen molar-refractivity contribution < 1.29 is 19.4 Å². The molecule has 196 valence electrons. The zero-order valence-electron chi connectivity index (χ0n) is 21.4. The lowest BCUT2D eigenvalue weighted by Gasteiger charge is -2.29. The number of carbonyl (C=O) groups is 2. The van der Waals surface area contributed by atoms with Gasteiger partial charge in [0, 0.05) is 11.6 Å². The van der Waals surface area contributed by atoms with E-state index >= 15 is 0 Å². The fraction of sp³-hybridized carbons (Fsp3) is 0.333. The van der Waals surface area contributed by atoms with Crippen molar-refractivity contribution in [2.24, 2.45) is 11.8 Å². The highest BCUT2D eigenvalue weighted by molar-refractivity contribution is 7.18. The number of aliphatic carboxylic acids is 1. The number of ether oxygens (including phenoxy) is 1. The molecule has 0 radical (unpaired) electrons. The number of fused-ring (bicyclic) bond motifs is 2. The molecule has 1 aliphatic rings. The Morgan fingerprint density at radius 3 is 2.82 bits per heavy atom. The third-order valence-electron chi connectivity index (χ3n) is 7.07. The number of hydrogen-bond donors (Lipinski definition) is 2. The van der Waals surface area contributed by atoms with E-state index < -0.39 is 17.9 Å². The van der Waals surface area contributed by atoms with E-state index in [-0.39, 0.29) is 12.2 Å². The van der Waals surface area contributed by atoms with Gasteiger partial charge in [-0.1, -0.05) is 43.3 Å². The fourth-order valence-corrected chi connectivity index (χ4v) is 6.28. The molecule has 8 heteroatoms. The van der Waals surface area contributed by atoms with Crippen molar-refractivity contribution >= 4 is 44.3 Å². The minimum atomic E-state index is -1.04. The summed E-state index contributed by atoms with van der Waals surface area (Å²) in [6.45, 7) is 6.52. The first-order valence-corrected chi connectivity index (χ1v) is 13.7. The topological polar surface area (TPSA) is 101 Å². The molecule has 0 saturated heterocycles. The highest BCUT2D eigenvalue weighted by Crippen LogP contribution is 2.35. The number of thiazole rings is 1. The molecule has 1 fully saturated rings. The van der Waals surface area contributed by atoms with E-state index in [9.17, 15) is 14.7 Å². The van der Waals surface area contributed by atoms with Crippen LogP contribution in [-0.2, 0) is 11.4 Å². The first-order valence-electron chi connectivity index (χ1n) is 12.9. The molecule has 1 aliphatic carbocycles. The molecule has 38 heavy (non-hydrogen) atoms. The van der Waals surface area contributed by atoms with Crippen LogP contribution in [0.15, 0.2) is 66.9 Å². The number of carboxylic acids is 1. The Balaban J connectivity index is 1.35. The van der Waals surface area contributed by atoms with Gasteiger partial charge >= 0.3 is 5.97 Å². The number of pyridine rings is 1. The summed E-state index contributed by atoms with van der Waals surface area (Å²) >= 11 is 1.53. The standard InChI is InChI=1S/C30H31N3O4S/c1-18-14-19(2)16-20(15-18)9-12-24(30(35)36)33-29(34)22-11-10-21-6-5-13-31-27(21)28(22)37-17-26-32-23-7-3-4-8-25(23)38-26/h3-8,10-11,13,19-20,24H,1,9,12,14-17H2,2H3,(H,33,34)(H,35,36)/t19?,20?,24-/m0/s1. The molecule has 2 unspecified atom stereocenters. The number of nitrogens with zero attached hydrogens (tertiary/aromatic N) is 2. The summed E-state index contributed by atoms with van der Waals surface area (Å²) in [6.07, 6.45) is 5.74. The molecule has 2 heterocycles. The fourth-order valence-electron chi connectivity index (χ4n) is 5.39. The number of aromatic nitrogens is 2. The van der Waals surface area contributed by atoms with Crippen LogP contribution in [0.3, 0.4) is 0 Å². The lowest BCUT2D eigenvalue weighted by molar-refractivity contribution is -0.139. The highest BCUT2D eigenvalue weighted by Gasteiger charge is 2.27. The van der Waals surface area contributed by atoms with E-state index in [1.165, 1.54) is 16.9 Å². The molecule has 1 amide bonds. The van der Waals surface area contributed by atoms with Gasteiger partial charge in [0.1, 0.15) is 23.2 Å². The number of rotatable bonds is 9. The summed E-state index contributed by atoms with van der Waals surface area (Å²) in [6, 6.07) is 14.0. The van der Waals surface area contributed by atoms with Gasteiger partial charge in [0.05, 0.1) is 15.8 Å². The summed E-state index contributed by atoms with van der Waals surface area (Å²) in [7, 11) is 0. The second kappa shape index (κ2) is 11.3. The van der Waals surface area contributed by atoms with Gasteiger partial charge in [-0.05, 0) is 68.2 Å². The summed E-state index contributed by atoms with van der Waals surface area (Å²) < 4.78 is 7.23. The third-order valence-corrected chi connectivity index (χ3v) is 8.08. The molecule has 0 bridgehead atoms. The summed E-state index contributed by atoms with van der Waals surface area (Å²) in [5.41, 5.74) is 2.92. The van der Waals surface area contributed by atoms with Crippen molar-refractivity contribution in [1.29, 1.82) is 0 Å². The monoisotopic (exact) mass is 529 g/mol. The van der Waals surface area contributed by atoms with Crippen LogP contribution in [-0.4, -0.2) is 33.0 Å². The van der Waals surface area contributed by atoms with Gasteiger partial charge in [-0.2, -0.15) is 0 Å². The molecule has 0 spiro atoms. The first-order chi connectivity index (χ1) is 18.4. The van der Waals surface area contributed by atoms with Crippen molar-refractivity contribution in [2.75, 3.05) is 0 Å². The molecule has 2 N–H and O–H groups in total. The molecular weight excluding hydrogens is 498 g/mol. The predicted molar refractivity (Wildman–Crippen MR) is 149 cm³/mol. The Kier molecular flexibility index (Phi) is 7.69. The molecule has 2 aromatic heterocycles. The Morgan fingerprint density at radius 1 is 1.18 bits per heavy atom. The van der Waals surface area contributed by atoms with Crippen LogP contribution >= 0.6 is 11.3 Å². The Morgan fingerprint density at radius 2 is 2.03 bits per heavy atom. The second-order valence-electron chi connectivity index (χ2n) is 10.2. The number of nitrogens with one attached hydrogen (secondary N) is 1. The maximum Gasteiger partial charge on any atom is 0.326 e. The van der Waals surface area contributed by atoms with Crippen LogP contribution < -0.4 is 10.1 Å². The van der Waals surface area contributed by atoms with Gasteiger partial charge in [-0.3, -0.25) is 9.78 Å². The zero-order chi connectivity index (χ0) is 26.6. The molecule has 2 aromatic carbocycles. The average Bonchev–Trinajstić information content (AvgIpc) is 3.31.